The van der Waals surface area contributed by atoms with Crippen molar-refractivity contribution in [3.8, 4) is 11.4 Å². The number of unbranched alkanes of at least 4 members (excludes halogenated alkanes) is 7. The predicted molar refractivity (Wildman–Crippen MR) is 96.4 cm³/mol. The molecule has 2 aromatic rings. The minimum Gasteiger partial charge on any atom is -0.360 e. The van der Waals surface area contributed by atoms with Crippen molar-refractivity contribution in [2.24, 2.45) is 0 Å². The Morgan fingerprint density at radius 1 is 0.909 bits per heavy atom. The van der Waals surface area contributed by atoms with E-state index in [0.717, 1.165) is 23.1 Å². The third kappa shape index (κ3) is 6.14. The maximum Gasteiger partial charge on any atom is 0.202 e. The summed E-state index contributed by atoms with van der Waals surface area (Å²) < 4.78 is 4.41. The topological polar surface area (TPSA) is 37.8 Å². The maximum atomic E-state index is 4.54. The second kappa shape index (κ2) is 10.3. The number of nitrogens with zero attached hydrogens (tertiary/aromatic N) is 2. The number of hydrogen-bond donors (Lipinski definition) is 1. The molecular formula is C18H27N3S. The number of anilines is 1. The van der Waals surface area contributed by atoms with Gasteiger partial charge in [-0.2, -0.15) is 9.36 Å². The van der Waals surface area contributed by atoms with E-state index in [4.69, 9.17) is 0 Å². The van der Waals surface area contributed by atoms with E-state index in [0.29, 0.717) is 0 Å². The average Bonchev–Trinajstić information content (AvgIpc) is 3.03. The Bertz CT molecular complexity index is 510. The van der Waals surface area contributed by atoms with Gasteiger partial charge in [-0.05, 0) is 6.42 Å². The molecular weight excluding hydrogens is 290 g/mol. The van der Waals surface area contributed by atoms with Gasteiger partial charge in [0.2, 0.25) is 5.13 Å². The zero-order chi connectivity index (χ0) is 15.5. The van der Waals surface area contributed by atoms with Crippen LogP contribution in [0.25, 0.3) is 11.4 Å². The van der Waals surface area contributed by atoms with Crippen LogP contribution >= 0.6 is 11.5 Å². The van der Waals surface area contributed by atoms with Gasteiger partial charge in [0.1, 0.15) is 0 Å². The monoisotopic (exact) mass is 317 g/mol. The molecule has 2 rings (SSSR count). The number of benzene rings is 1. The van der Waals surface area contributed by atoms with E-state index in [2.05, 4.69) is 21.6 Å². The van der Waals surface area contributed by atoms with Crippen molar-refractivity contribution in [3.05, 3.63) is 30.3 Å². The number of hydrogen-bond acceptors (Lipinski definition) is 4. The molecule has 0 saturated carbocycles. The molecule has 0 aliphatic rings. The highest BCUT2D eigenvalue weighted by molar-refractivity contribution is 7.09. The van der Waals surface area contributed by atoms with Gasteiger partial charge in [-0.15, -0.1) is 0 Å². The van der Waals surface area contributed by atoms with Crippen LogP contribution < -0.4 is 5.32 Å². The Morgan fingerprint density at radius 3 is 2.32 bits per heavy atom. The van der Waals surface area contributed by atoms with Gasteiger partial charge in [-0.1, -0.05) is 82.2 Å². The first kappa shape index (κ1) is 16.9. The second-order valence-corrected chi connectivity index (χ2v) is 6.44. The van der Waals surface area contributed by atoms with Crippen LogP contribution in [0.2, 0.25) is 0 Å². The van der Waals surface area contributed by atoms with E-state index in [9.17, 15) is 0 Å². The summed E-state index contributed by atoms with van der Waals surface area (Å²) in [5.74, 6) is 0.823. The Labute approximate surface area is 138 Å². The van der Waals surface area contributed by atoms with E-state index in [1.54, 1.807) is 0 Å². The van der Waals surface area contributed by atoms with Gasteiger partial charge >= 0.3 is 0 Å². The molecule has 4 heteroatoms. The predicted octanol–water partition coefficient (Wildman–Crippen LogP) is 5.76. The van der Waals surface area contributed by atoms with Crippen molar-refractivity contribution in [2.75, 3.05) is 11.9 Å². The van der Waals surface area contributed by atoms with Gasteiger partial charge < -0.3 is 5.32 Å². The van der Waals surface area contributed by atoms with Crippen LogP contribution in [0.3, 0.4) is 0 Å². The molecule has 0 saturated heterocycles. The van der Waals surface area contributed by atoms with Crippen molar-refractivity contribution >= 4 is 16.7 Å². The van der Waals surface area contributed by atoms with Gasteiger partial charge in [-0.25, -0.2) is 0 Å². The van der Waals surface area contributed by atoms with Crippen molar-refractivity contribution < 1.29 is 0 Å². The molecule has 0 spiro atoms. The smallest absolute Gasteiger partial charge is 0.202 e. The SMILES string of the molecule is CCCCCCCCCCNc1nc(-c2ccccc2)ns1. The molecule has 0 aliphatic heterocycles. The van der Waals surface area contributed by atoms with E-state index < -0.39 is 0 Å². The molecule has 1 N–H and O–H groups in total. The standard InChI is InChI=1S/C18H27N3S/c1-2-3-4-5-6-7-8-12-15-19-18-20-17(21-22-18)16-13-10-9-11-14-16/h9-11,13-14H,2-8,12,15H2,1H3,(H,19,20,21). The molecule has 22 heavy (non-hydrogen) atoms. The fraction of sp³-hybridized carbons (Fsp3) is 0.556. The van der Waals surface area contributed by atoms with Gasteiger partial charge in [0.15, 0.2) is 5.82 Å². The van der Waals surface area contributed by atoms with E-state index >= 15 is 0 Å². The Morgan fingerprint density at radius 2 is 1.59 bits per heavy atom. The molecule has 0 atom stereocenters. The number of aromatic nitrogens is 2. The van der Waals surface area contributed by atoms with Gasteiger partial charge in [0, 0.05) is 23.6 Å². The van der Waals surface area contributed by atoms with Crippen LogP contribution in [0, 0.1) is 0 Å². The number of rotatable bonds is 11. The van der Waals surface area contributed by atoms with Gasteiger partial charge in [0.25, 0.3) is 0 Å². The first-order valence-electron chi connectivity index (χ1n) is 8.53. The minimum absolute atomic E-state index is 0.823. The van der Waals surface area contributed by atoms with Crippen molar-refractivity contribution in [3.63, 3.8) is 0 Å². The normalized spacial score (nSPS) is 10.8. The van der Waals surface area contributed by atoms with Crippen LogP contribution in [0.15, 0.2) is 30.3 Å². The average molecular weight is 318 g/mol. The molecule has 0 fully saturated rings. The molecule has 1 heterocycles. The third-order valence-corrected chi connectivity index (χ3v) is 4.44. The second-order valence-electron chi connectivity index (χ2n) is 5.69. The molecule has 0 aliphatic carbocycles. The molecule has 0 unspecified atom stereocenters. The summed E-state index contributed by atoms with van der Waals surface area (Å²) in [6.45, 7) is 3.26. The fourth-order valence-corrected chi connectivity index (χ4v) is 3.07. The Kier molecular flexibility index (Phi) is 7.96. The zero-order valence-corrected chi connectivity index (χ0v) is 14.4. The summed E-state index contributed by atoms with van der Waals surface area (Å²) >= 11 is 1.45. The number of nitrogens with one attached hydrogen (secondary N) is 1. The van der Waals surface area contributed by atoms with Crippen LogP contribution in [-0.4, -0.2) is 15.9 Å². The molecule has 0 bridgehead atoms. The zero-order valence-electron chi connectivity index (χ0n) is 13.6. The highest BCUT2D eigenvalue weighted by Gasteiger charge is 2.05. The van der Waals surface area contributed by atoms with Crippen LogP contribution in [0.5, 0.6) is 0 Å². The lowest BCUT2D eigenvalue weighted by atomic mass is 10.1. The minimum atomic E-state index is 0.823. The first-order chi connectivity index (χ1) is 10.9. The maximum absolute atomic E-state index is 4.54. The largest absolute Gasteiger partial charge is 0.360 e. The van der Waals surface area contributed by atoms with Crippen LogP contribution in [-0.2, 0) is 0 Å². The molecule has 1 aromatic heterocycles. The summed E-state index contributed by atoms with van der Waals surface area (Å²) in [4.78, 5) is 4.54. The molecule has 1 aromatic carbocycles. The molecule has 3 nitrogen and oxygen atoms in total. The summed E-state index contributed by atoms with van der Waals surface area (Å²) in [5, 5.41) is 4.32. The van der Waals surface area contributed by atoms with E-state index in [-0.39, 0.29) is 0 Å². The first-order valence-corrected chi connectivity index (χ1v) is 9.30. The lowest BCUT2D eigenvalue weighted by Crippen LogP contribution is -2.00. The molecule has 0 amide bonds. The van der Waals surface area contributed by atoms with Crippen molar-refractivity contribution in [1.82, 2.24) is 9.36 Å². The molecule has 0 radical (unpaired) electrons. The summed E-state index contributed by atoms with van der Waals surface area (Å²) in [6.07, 6.45) is 10.8. The highest BCUT2D eigenvalue weighted by Crippen LogP contribution is 2.20. The van der Waals surface area contributed by atoms with Gasteiger partial charge in [-0.3, -0.25) is 0 Å². The quantitative estimate of drug-likeness (QED) is 0.536. The van der Waals surface area contributed by atoms with Crippen molar-refractivity contribution in [2.45, 2.75) is 58.3 Å². The van der Waals surface area contributed by atoms with Crippen LogP contribution in [0.4, 0.5) is 5.13 Å². The molecule has 120 valence electrons. The lowest BCUT2D eigenvalue weighted by Gasteiger charge is -2.02. The Balaban J connectivity index is 1.57. The summed E-state index contributed by atoms with van der Waals surface area (Å²) in [7, 11) is 0. The van der Waals surface area contributed by atoms with Crippen LogP contribution in [0.1, 0.15) is 58.3 Å². The van der Waals surface area contributed by atoms with Crippen molar-refractivity contribution in [1.29, 1.82) is 0 Å². The van der Waals surface area contributed by atoms with Gasteiger partial charge in [0.05, 0.1) is 0 Å². The Hall–Kier alpha value is -1.42. The third-order valence-electron chi connectivity index (χ3n) is 3.76. The fourth-order valence-electron chi connectivity index (χ4n) is 2.45. The summed E-state index contributed by atoms with van der Waals surface area (Å²) in [6, 6.07) is 10.1. The van der Waals surface area contributed by atoms with E-state index in [1.165, 1.54) is 62.9 Å². The van der Waals surface area contributed by atoms with E-state index in [1.807, 2.05) is 30.3 Å². The summed E-state index contributed by atoms with van der Waals surface area (Å²) in [5.41, 5.74) is 1.08. The lowest BCUT2D eigenvalue weighted by molar-refractivity contribution is 0.581. The highest BCUT2D eigenvalue weighted by atomic mass is 32.1.